The number of rotatable bonds is 49. The molecule has 0 radical (unpaired) electrons. The number of hydrogen-bond acceptors (Lipinski definition) is 17. The Balaban J connectivity index is 7.43. The molecule has 0 fully saturated rings. The van der Waals surface area contributed by atoms with E-state index >= 15 is 0 Å². The topological polar surface area (TPSA) is 629 Å². The van der Waals surface area contributed by atoms with E-state index in [1.807, 2.05) is 27.7 Å². The number of amides is 10. The summed E-state index contributed by atoms with van der Waals surface area (Å²) in [6.07, 6.45) is 0.237. The SMILES string of the molecule is CC(=O)N[C@@H](CCC(=O)O)C(=O)NCC(=O)N[C@@H](CC(C)C)C(=O)N[C@@H](CCCN=C(N)N)C(=O)N[C@@H](CCCCN)C(=O)N[C@@H](CCCN=C(N)N)C(=O)N[C@@H](CCCN=C(N)N)C(=O)N[C@@H](CCCN=C(N)N)C(=O)N[C@@H](CC(C)C)C(=O)N[C@@H](CC(C)C)C(C)=O. The summed E-state index contributed by atoms with van der Waals surface area (Å²) in [7, 11) is 0. The molecule has 0 unspecified atom stereocenters. The Hall–Kier alpha value is -9.12. The van der Waals surface area contributed by atoms with Gasteiger partial charge in [-0.1, -0.05) is 41.5 Å². The van der Waals surface area contributed by atoms with Crippen LogP contribution < -0.4 is 105 Å². The van der Waals surface area contributed by atoms with E-state index in [0.717, 1.165) is 6.92 Å². The molecule has 36 heteroatoms. The molecule has 29 N–H and O–H groups in total. The average Bonchev–Trinajstić information content (AvgIpc) is 2.32. The zero-order chi connectivity index (χ0) is 71.6. The molecule has 9 atom stereocenters. The van der Waals surface area contributed by atoms with Crippen molar-refractivity contribution >= 4 is 94.7 Å². The predicted molar refractivity (Wildman–Crippen MR) is 355 cm³/mol. The average molecular weight is 1340 g/mol. The maximum absolute atomic E-state index is 14.7. The zero-order valence-corrected chi connectivity index (χ0v) is 55.8. The Kier molecular flexibility index (Phi) is 42.3. The highest BCUT2D eigenvalue weighted by Gasteiger charge is 2.35. The number of Topliss-reactive ketones (excluding diaryl/α,β-unsaturated/α-hetero) is 1. The summed E-state index contributed by atoms with van der Waals surface area (Å²) < 4.78 is 0. The Morgan fingerprint density at radius 2 is 0.628 bits per heavy atom. The van der Waals surface area contributed by atoms with E-state index in [1.54, 1.807) is 13.8 Å². The van der Waals surface area contributed by atoms with Crippen LogP contribution in [-0.4, -0.2) is 193 Å². The standard InChI is InChI=1S/C58H109N23O13/c1-31(2)27-42(34(7)82)80-54(94)44(29-33(5)6)81-52(92)40(19-14-26-71-58(66)67)78-50(90)38(17-12-24-69-56(62)63)77-49(89)37(16-11-23-68-55(60)61)76-48(88)36(15-9-10-22-59)75-51(91)39(18-13-25-70-57(64)65)79-53(93)43(28-32(3)4)74-45(84)30-72-47(87)41(73-35(8)83)20-21-46(85)86/h31-33,36-44H,9-30,59H2,1-8H3,(H,72,87)(H,73,83)(H,74,84)(H,75,91)(H,76,88)(H,77,89)(H,78,90)(H,79,93)(H,80,94)(H,81,92)(H,85,86)(H4,60,61,68)(H4,62,63,69)(H4,64,65,70)(H4,66,67,71)/t36-,37-,38-,39-,40-,41-,42-,43-,44-/m0/s1. The number of unbranched alkanes of at least 4 members (excludes halogenated alkanes) is 1. The molecule has 0 bridgehead atoms. The van der Waals surface area contributed by atoms with Gasteiger partial charge in [-0.25, -0.2) is 0 Å². The minimum Gasteiger partial charge on any atom is -0.481 e. The largest absolute Gasteiger partial charge is 0.481 e. The van der Waals surface area contributed by atoms with E-state index < -0.39 is 132 Å². The van der Waals surface area contributed by atoms with Gasteiger partial charge in [0.15, 0.2) is 29.6 Å². The summed E-state index contributed by atoms with van der Waals surface area (Å²) in [5.74, 6) is -11.0. The fourth-order valence-electron chi connectivity index (χ4n) is 9.28. The van der Waals surface area contributed by atoms with E-state index in [1.165, 1.54) is 6.92 Å². The van der Waals surface area contributed by atoms with Gasteiger partial charge in [0, 0.05) is 39.5 Å². The lowest BCUT2D eigenvalue weighted by Gasteiger charge is -2.28. The molecule has 0 rings (SSSR count). The first-order chi connectivity index (χ1) is 44.1. The van der Waals surface area contributed by atoms with Crippen LogP contribution in [-0.2, 0) is 57.5 Å². The molecule has 0 saturated carbocycles. The minimum atomic E-state index is -1.48. The second-order valence-electron chi connectivity index (χ2n) is 24.0. The molecule has 94 heavy (non-hydrogen) atoms. The van der Waals surface area contributed by atoms with Crippen LogP contribution in [0, 0.1) is 17.8 Å². The minimum absolute atomic E-state index is 0.00286. The molecule has 0 saturated heterocycles. The van der Waals surface area contributed by atoms with Gasteiger partial charge in [-0.15, -0.1) is 0 Å². The van der Waals surface area contributed by atoms with Gasteiger partial charge >= 0.3 is 5.97 Å². The summed E-state index contributed by atoms with van der Waals surface area (Å²) in [4.78, 5) is 179. The number of nitrogens with zero attached hydrogens (tertiary/aromatic N) is 4. The number of carboxylic acid groups (broad SMARTS) is 1. The predicted octanol–water partition coefficient (Wildman–Crippen LogP) is -5.58. The van der Waals surface area contributed by atoms with Crippen molar-refractivity contribution in [2.24, 2.45) is 89.3 Å². The van der Waals surface area contributed by atoms with Gasteiger partial charge in [0.2, 0.25) is 59.1 Å². The zero-order valence-electron chi connectivity index (χ0n) is 55.8. The number of guanidine groups is 4. The summed E-state index contributed by atoms with van der Waals surface area (Å²) in [6.45, 7) is 12.9. The number of hydrogen-bond donors (Lipinski definition) is 20. The number of nitrogens with two attached hydrogens (primary N) is 9. The molecule has 36 nitrogen and oxygen atoms in total. The number of ketones is 1. The van der Waals surface area contributed by atoms with Gasteiger partial charge < -0.3 is 110 Å². The highest BCUT2D eigenvalue weighted by atomic mass is 16.4. The summed E-state index contributed by atoms with van der Waals surface area (Å²) in [6, 6.07) is -11.7. The second-order valence-corrected chi connectivity index (χ2v) is 24.0. The molecular formula is C58H109N23O13. The third-order valence-corrected chi connectivity index (χ3v) is 13.9. The second kappa shape index (κ2) is 46.9. The molecule has 0 aliphatic heterocycles. The fourth-order valence-corrected chi connectivity index (χ4v) is 9.28. The van der Waals surface area contributed by atoms with E-state index in [-0.39, 0.29) is 164 Å². The number of carboxylic acids is 1. The fraction of sp³-hybridized carbons (Fsp3) is 0.724. The first-order valence-electron chi connectivity index (χ1n) is 31.7. The number of aliphatic carboxylic acids is 1. The van der Waals surface area contributed by atoms with Gasteiger partial charge in [-0.2, -0.15) is 0 Å². The van der Waals surface area contributed by atoms with E-state index in [9.17, 15) is 57.5 Å². The van der Waals surface area contributed by atoms with Crippen LogP contribution in [0.3, 0.4) is 0 Å². The Morgan fingerprint density at radius 1 is 0.351 bits per heavy atom. The highest BCUT2D eigenvalue weighted by Crippen LogP contribution is 2.14. The van der Waals surface area contributed by atoms with Crippen LogP contribution in [0.1, 0.15) is 158 Å². The molecule has 0 aromatic carbocycles. The van der Waals surface area contributed by atoms with Crippen molar-refractivity contribution in [1.82, 2.24) is 53.2 Å². The molecule has 0 aromatic rings. The molecule has 0 aliphatic rings. The summed E-state index contributed by atoms with van der Waals surface area (Å²) in [5, 5.41) is 35.3. The summed E-state index contributed by atoms with van der Waals surface area (Å²) >= 11 is 0. The third kappa shape index (κ3) is 40.0. The van der Waals surface area contributed by atoms with Crippen molar-refractivity contribution < 1.29 is 62.6 Å². The lowest BCUT2D eigenvalue weighted by atomic mass is 9.98. The van der Waals surface area contributed by atoms with E-state index in [0.29, 0.717) is 12.8 Å². The van der Waals surface area contributed by atoms with Gasteiger partial charge in [-0.3, -0.25) is 77.5 Å². The quantitative estimate of drug-likeness (QED) is 0.0153. The lowest BCUT2D eigenvalue weighted by Crippen LogP contribution is -2.60. The normalized spacial score (nSPS) is 13.8. The van der Waals surface area contributed by atoms with Crippen LogP contribution in [0.25, 0.3) is 0 Å². The van der Waals surface area contributed by atoms with Crippen molar-refractivity contribution in [3.05, 3.63) is 0 Å². The van der Waals surface area contributed by atoms with Crippen LogP contribution >= 0.6 is 0 Å². The van der Waals surface area contributed by atoms with Crippen LogP contribution in [0.5, 0.6) is 0 Å². The van der Waals surface area contributed by atoms with E-state index in [4.69, 9.17) is 56.7 Å². The van der Waals surface area contributed by atoms with Gasteiger partial charge in [0.05, 0.1) is 12.6 Å². The van der Waals surface area contributed by atoms with Crippen molar-refractivity contribution in [2.45, 2.75) is 212 Å². The molecule has 0 heterocycles. The number of aliphatic imine (C=N–C) groups is 4. The molecule has 534 valence electrons. The monoisotopic (exact) mass is 1340 g/mol. The molecule has 10 amide bonds. The first-order valence-corrected chi connectivity index (χ1v) is 31.7. The first kappa shape index (κ1) is 84.9. The Bertz CT molecular complexity index is 2580. The van der Waals surface area contributed by atoms with Crippen molar-refractivity contribution in [3.8, 4) is 0 Å². The molecule has 0 aromatic heterocycles. The van der Waals surface area contributed by atoms with Crippen molar-refractivity contribution in [2.75, 3.05) is 39.3 Å². The number of nitrogens with one attached hydrogen (secondary N) is 10. The molecular weight excluding hydrogens is 1230 g/mol. The summed E-state index contributed by atoms with van der Waals surface area (Å²) in [5.41, 5.74) is 50.4. The maximum Gasteiger partial charge on any atom is 0.303 e. The van der Waals surface area contributed by atoms with Gasteiger partial charge in [0.25, 0.3) is 0 Å². The Labute approximate surface area is 549 Å². The lowest BCUT2D eigenvalue weighted by molar-refractivity contribution is -0.138. The smallest absolute Gasteiger partial charge is 0.303 e. The van der Waals surface area contributed by atoms with Crippen molar-refractivity contribution in [1.29, 1.82) is 0 Å². The van der Waals surface area contributed by atoms with Gasteiger partial charge in [-0.05, 0) is 128 Å². The molecule has 0 spiro atoms. The number of carbonyl (C=O) groups excluding carboxylic acids is 11. The van der Waals surface area contributed by atoms with Crippen LogP contribution in [0.4, 0.5) is 0 Å². The van der Waals surface area contributed by atoms with Gasteiger partial charge in [0.1, 0.15) is 48.3 Å². The van der Waals surface area contributed by atoms with Crippen LogP contribution in [0.15, 0.2) is 20.0 Å². The highest BCUT2D eigenvalue weighted by molar-refractivity contribution is 5.99. The molecule has 0 aliphatic carbocycles. The number of carbonyl (C=O) groups is 12. The Morgan fingerprint density at radius 3 is 0.915 bits per heavy atom. The third-order valence-electron chi connectivity index (χ3n) is 13.9. The van der Waals surface area contributed by atoms with Crippen molar-refractivity contribution in [3.63, 3.8) is 0 Å². The maximum atomic E-state index is 14.7. The van der Waals surface area contributed by atoms with E-state index in [2.05, 4.69) is 73.1 Å². The van der Waals surface area contributed by atoms with Crippen LogP contribution in [0.2, 0.25) is 0 Å².